The Balaban J connectivity index is 2.75. The monoisotopic (exact) mass is 494 g/mol. The molecule has 0 spiro atoms. The highest BCUT2D eigenvalue weighted by Gasteiger charge is 2.25. The first-order chi connectivity index (χ1) is 16.3. The molecule has 1 rings (SSSR count). The van der Waals surface area contributed by atoms with Gasteiger partial charge in [-0.15, -0.1) is 0 Å². The molecule has 12 heteroatoms. The number of rotatable bonds is 13. The number of amides is 3. The maximum Gasteiger partial charge on any atom is 0.408 e. The highest BCUT2D eigenvalue weighted by Crippen LogP contribution is 2.13. The molecule has 0 radical (unpaired) electrons. The molecule has 0 heterocycles. The van der Waals surface area contributed by atoms with E-state index in [2.05, 4.69) is 16.0 Å². The standard InChI is InChI=1S/C23H34N4O8/c1-23(2,3)35-22(34)27-16(6-4-5-11-24)20(31)25-15-9-7-14(8-10-15)12-18(28)26-17(21(32)33)13-19(29)30/h7-10,16-17H,4-6,11-13,24H2,1-3H3,(H,25,31)(H,26,28)(H,27,34)(H,29,30)(H,32,33)/t16-,17-/m0/s1. The molecule has 35 heavy (non-hydrogen) atoms. The predicted octanol–water partition coefficient (Wildman–Crippen LogP) is 1.23. The van der Waals surface area contributed by atoms with Gasteiger partial charge in [0.05, 0.1) is 12.8 Å². The van der Waals surface area contributed by atoms with Gasteiger partial charge < -0.3 is 36.6 Å². The summed E-state index contributed by atoms with van der Waals surface area (Å²) in [5.41, 5.74) is 5.73. The molecular formula is C23H34N4O8. The average Bonchev–Trinajstić information content (AvgIpc) is 2.72. The molecule has 1 aromatic carbocycles. The van der Waals surface area contributed by atoms with Crippen molar-refractivity contribution in [2.75, 3.05) is 11.9 Å². The SMILES string of the molecule is CC(C)(C)OC(=O)N[C@@H](CCCCN)C(=O)Nc1ccc(CC(=O)N[C@@H](CC(=O)O)C(=O)O)cc1. The van der Waals surface area contributed by atoms with Crippen molar-refractivity contribution in [2.24, 2.45) is 5.73 Å². The van der Waals surface area contributed by atoms with Gasteiger partial charge in [-0.25, -0.2) is 9.59 Å². The molecule has 0 aromatic heterocycles. The molecule has 7 N–H and O–H groups in total. The quantitative estimate of drug-likeness (QED) is 0.218. The number of carbonyl (C=O) groups is 5. The van der Waals surface area contributed by atoms with Gasteiger partial charge in [-0.1, -0.05) is 12.1 Å². The van der Waals surface area contributed by atoms with E-state index in [9.17, 15) is 24.0 Å². The van der Waals surface area contributed by atoms with Crippen LogP contribution in [0.15, 0.2) is 24.3 Å². The van der Waals surface area contributed by atoms with Crippen LogP contribution in [-0.4, -0.2) is 64.3 Å². The Kier molecular flexibility index (Phi) is 11.7. The normalized spacial score (nSPS) is 12.7. The molecule has 0 saturated carbocycles. The zero-order chi connectivity index (χ0) is 26.6. The number of benzene rings is 1. The second kappa shape index (κ2) is 13.9. The molecular weight excluding hydrogens is 460 g/mol. The van der Waals surface area contributed by atoms with Gasteiger partial charge in [0.2, 0.25) is 11.8 Å². The fourth-order valence-corrected chi connectivity index (χ4v) is 2.95. The Morgan fingerprint density at radius 3 is 2.11 bits per heavy atom. The highest BCUT2D eigenvalue weighted by molar-refractivity contribution is 5.96. The zero-order valence-corrected chi connectivity index (χ0v) is 20.1. The summed E-state index contributed by atoms with van der Waals surface area (Å²) < 4.78 is 5.23. The maximum atomic E-state index is 12.8. The Morgan fingerprint density at radius 1 is 0.971 bits per heavy atom. The number of carboxylic acid groups (broad SMARTS) is 2. The van der Waals surface area contributed by atoms with Gasteiger partial charge in [-0.3, -0.25) is 14.4 Å². The fourth-order valence-electron chi connectivity index (χ4n) is 2.95. The third-order valence-corrected chi connectivity index (χ3v) is 4.55. The number of carboxylic acids is 2. The zero-order valence-electron chi connectivity index (χ0n) is 20.1. The molecule has 2 atom stereocenters. The van der Waals surface area contributed by atoms with Gasteiger partial charge in [-0.2, -0.15) is 0 Å². The van der Waals surface area contributed by atoms with Gasteiger partial charge in [-0.05, 0) is 64.3 Å². The van der Waals surface area contributed by atoms with Crippen LogP contribution >= 0.6 is 0 Å². The van der Waals surface area contributed by atoms with Crippen LogP contribution in [0.5, 0.6) is 0 Å². The summed E-state index contributed by atoms with van der Waals surface area (Å²) in [5.74, 6) is -3.89. The van der Waals surface area contributed by atoms with Gasteiger partial charge in [0.1, 0.15) is 17.7 Å². The number of hydrogen-bond donors (Lipinski definition) is 6. The number of ether oxygens (including phenoxy) is 1. The number of anilines is 1. The molecule has 0 aliphatic heterocycles. The Bertz CT molecular complexity index is 896. The number of nitrogens with one attached hydrogen (secondary N) is 3. The molecule has 194 valence electrons. The third-order valence-electron chi connectivity index (χ3n) is 4.55. The minimum Gasteiger partial charge on any atom is -0.481 e. The maximum absolute atomic E-state index is 12.8. The highest BCUT2D eigenvalue weighted by atomic mass is 16.6. The van der Waals surface area contributed by atoms with Crippen molar-refractivity contribution in [2.45, 2.75) is 70.6 Å². The largest absolute Gasteiger partial charge is 0.481 e. The molecule has 0 aliphatic carbocycles. The molecule has 0 fully saturated rings. The number of unbranched alkanes of at least 4 members (excludes halogenated alkanes) is 1. The summed E-state index contributed by atoms with van der Waals surface area (Å²) in [6.45, 7) is 5.60. The van der Waals surface area contributed by atoms with Crippen LogP contribution in [0.1, 0.15) is 52.0 Å². The Hall–Kier alpha value is -3.67. The molecule has 3 amide bonds. The van der Waals surface area contributed by atoms with E-state index >= 15 is 0 Å². The Morgan fingerprint density at radius 2 is 1.60 bits per heavy atom. The third kappa shape index (κ3) is 12.4. The van der Waals surface area contributed by atoms with Gasteiger partial charge in [0.25, 0.3) is 0 Å². The van der Waals surface area contributed by atoms with Crippen molar-refractivity contribution in [1.82, 2.24) is 10.6 Å². The van der Waals surface area contributed by atoms with Crippen molar-refractivity contribution in [3.63, 3.8) is 0 Å². The van der Waals surface area contributed by atoms with E-state index < -0.39 is 54.0 Å². The molecule has 0 bridgehead atoms. The van der Waals surface area contributed by atoms with E-state index in [1.165, 1.54) is 0 Å². The molecule has 0 saturated heterocycles. The van der Waals surface area contributed by atoms with Gasteiger partial charge >= 0.3 is 18.0 Å². The molecule has 12 nitrogen and oxygen atoms in total. The number of hydrogen-bond acceptors (Lipinski definition) is 7. The minimum atomic E-state index is -1.53. The number of nitrogens with two attached hydrogens (primary N) is 1. The second-order valence-corrected chi connectivity index (χ2v) is 8.90. The van der Waals surface area contributed by atoms with E-state index in [4.69, 9.17) is 20.7 Å². The average molecular weight is 495 g/mol. The molecule has 1 aromatic rings. The van der Waals surface area contributed by atoms with Crippen molar-refractivity contribution >= 4 is 35.5 Å². The summed E-state index contributed by atoms with van der Waals surface area (Å²) in [4.78, 5) is 58.8. The Labute approximate surface area is 203 Å². The smallest absolute Gasteiger partial charge is 0.408 e. The van der Waals surface area contributed by atoms with E-state index in [1.807, 2.05) is 0 Å². The summed E-state index contributed by atoms with van der Waals surface area (Å²) >= 11 is 0. The van der Waals surface area contributed by atoms with Gasteiger partial charge in [0, 0.05) is 5.69 Å². The number of carbonyl (C=O) groups excluding carboxylic acids is 3. The van der Waals surface area contributed by atoms with Crippen LogP contribution in [0, 0.1) is 0 Å². The second-order valence-electron chi connectivity index (χ2n) is 8.90. The van der Waals surface area contributed by atoms with E-state index in [0.717, 1.165) is 0 Å². The fraction of sp³-hybridized carbons (Fsp3) is 0.522. The first-order valence-electron chi connectivity index (χ1n) is 11.1. The van der Waals surface area contributed by atoms with Crippen LogP contribution in [-0.2, 0) is 30.3 Å². The van der Waals surface area contributed by atoms with Crippen LogP contribution in [0.4, 0.5) is 10.5 Å². The molecule has 0 unspecified atom stereocenters. The van der Waals surface area contributed by atoms with Crippen molar-refractivity contribution in [3.05, 3.63) is 29.8 Å². The van der Waals surface area contributed by atoms with Crippen LogP contribution in [0.2, 0.25) is 0 Å². The van der Waals surface area contributed by atoms with E-state index in [0.29, 0.717) is 37.1 Å². The van der Waals surface area contributed by atoms with Crippen LogP contribution < -0.4 is 21.7 Å². The first kappa shape index (κ1) is 29.4. The summed E-state index contributed by atoms with van der Waals surface area (Å²) in [5, 5.41) is 25.2. The van der Waals surface area contributed by atoms with Crippen molar-refractivity contribution in [1.29, 1.82) is 0 Å². The lowest BCUT2D eigenvalue weighted by Crippen LogP contribution is -2.45. The minimum absolute atomic E-state index is 0.181. The van der Waals surface area contributed by atoms with E-state index in [-0.39, 0.29) is 6.42 Å². The summed E-state index contributed by atoms with van der Waals surface area (Å²) in [6.07, 6.45) is 0.0368. The summed E-state index contributed by atoms with van der Waals surface area (Å²) in [7, 11) is 0. The van der Waals surface area contributed by atoms with Gasteiger partial charge in [0.15, 0.2) is 0 Å². The number of alkyl carbamates (subject to hydrolysis) is 1. The lowest BCUT2D eigenvalue weighted by Gasteiger charge is -2.23. The van der Waals surface area contributed by atoms with Crippen LogP contribution in [0.25, 0.3) is 0 Å². The lowest BCUT2D eigenvalue weighted by molar-refractivity contribution is -0.147. The predicted molar refractivity (Wildman–Crippen MR) is 127 cm³/mol. The first-order valence-corrected chi connectivity index (χ1v) is 11.1. The van der Waals surface area contributed by atoms with Crippen molar-refractivity contribution < 1.29 is 38.9 Å². The topological polar surface area (TPSA) is 197 Å². The summed E-state index contributed by atoms with van der Waals surface area (Å²) in [6, 6.07) is 3.85. The van der Waals surface area contributed by atoms with Crippen molar-refractivity contribution in [3.8, 4) is 0 Å². The van der Waals surface area contributed by atoms with Crippen LogP contribution in [0.3, 0.4) is 0 Å². The molecule has 0 aliphatic rings. The van der Waals surface area contributed by atoms with E-state index in [1.54, 1.807) is 45.0 Å². The lowest BCUT2D eigenvalue weighted by atomic mass is 10.1. The number of aliphatic carboxylic acids is 2.